The molecule has 3 atom stereocenters. The lowest BCUT2D eigenvalue weighted by Crippen LogP contribution is -2.31. The highest BCUT2D eigenvalue weighted by atomic mass is 32.1. The van der Waals surface area contributed by atoms with Crippen LogP contribution in [0.1, 0.15) is 41.9 Å². The summed E-state index contributed by atoms with van der Waals surface area (Å²) in [6.45, 7) is 3.74. The molecule has 0 radical (unpaired) electrons. The first-order valence-electron chi connectivity index (χ1n) is 12.8. The van der Waals surface area contributed by atoms with Crippen LogP contribution in [0, 0.1) is 6.92 Å². The molecule has 4 aromatic rings. The van der Waals surface area contributed by atoms with Gasteiger partial charge in [-0.25, -0.2) is 0 Å². The number of pyridine rings is 1. The number of aryl methyl sites for hydroxylation is 1. The smallest absolute Gasteiger partial charge is 0.174 e. The summed E-state index contributed by atoms with van der Waals surface area (Å²) in [6, 6.07) is 26.4. The van der Waals surface area contributed by atoms with Crippen molar-refractivity contribution in [3.05, 3.63) is 108 Å². The Bertz CT molecular complexity index is 1350. The van der Waals surface area contributed by atoms with Gasteiger partial charge < -0.3 is 24.3 Å². The molecule has 2 fully saturated rings. The number of nitrogens with one attached hydrogen (secondary N) is 1. The molecule has 2 aromatic carbocycles. The summed E-state index contributed by atoms with van der Waals surface area (Å²) in [5.74, 6) is 1.60. The lowest BCUT2D eigenvalue weighted by atomic mass is 10.0. The Morgan fingerprint density at radius 2 is 1.78 bits per heavy atom. The van der Waals surface area contributed by atoms with Gasteiger partial charge in [0.1, 0.15) is 17.5 Å². The van der Waals surface area contributed by atoms with Gasteiger partial charge in [-0.15, -0.1) is 0 Å². The second-order valence-electron chi connectivity index (χ2n) is 9.63. The molecule has 0 spiro atoms. The number of benzene rings is 2. The minimum atomic E-state index is -0.0877. The number of thiocarbonyl (C=S) groups is 1. The SMILES string of the molecule is Cc1ccc(Oc2ccc(N3C(=S)NC(c4ccccn4)C3c3cccn3CC3CCCO3)cc2)cc1. The predicted octanol–water partition coefficient (Wildman–Crippen LogP) is 6.34. The van der Waals surface area contributed by atoms with Gasteiger partial charge in [0.2, 0.25) is 0 Å². The quantitative estimate of drug-likeness (QED) is 0.293. The molecule has 0 saturated carbocycles. The van der Waals surface area contributed by atoms with Crippen molar-refractivity contribution in [1.82, 2.24) is 14.9 Å². The molecular weight excluding hydrogens is 480 g/mol. The van der Waals surface area contributed by atoms with Crippen molar-refractivity contribution in [2.45, 2.75) is 44.5 Å². The normalized spacial score (nSPS) is 21.3. The number of anilines is 1. The fraction of sp³-hybridized carbons (Fsp3) is 0.267. The largest absolute Gasteiger partial charge is 0.457 e. The number of hydrogen-bond acceptors (Lipinski definition) is 4. The first kappa shape index (κ1) is 23.7. The standard InChI is InChI=1S/C30H30N4O2S/c1-21-9-13-23(14-10-21)36-24-15-11-22(12-16-24)34-29(28(32-30(34)37)26-7-2-3-17-31-26)27-8-4-18-33(27)20-25-6-5-19-35-25/h2-4,7-18,25,28-29H,5-6,19-20H2,1H3,(H,32,37). The van der Waals surface area contributed by atoms with Crippen LogP contribution in [0.2, 0.25) is 0 Å². The lowest BCUT2D eigenvalue weighted by molar-refractivity contribution is 0.0961. The van der Waals surface area contributed by atoms with Crippen LogP contribution in [-0.4, -0.2) is 27.4 Å². The fourth-order valence-electron chi connectivity index (χ4n) is 5.22. The van der Waals surface area contributed by atoms with Gasteiger partial charge in [0.25, 0.3) is 0 Å². The van der Waals surface area contributed by atoms with E-state index in [4.69, 9.17) is 21.7 Å². The molecule has 0 aliphatic carbocycles. The van der Waals surface area contributed by atoms with Crippen molar-refractivity contribution in [1.29, 1.82) is 0 Å². The van der Waals surface area contributed by atoms with Gasteiger partial charge in [-0.3, -0.25) is 4.98 Å². The molecule has 0 amide bonds. The van der Waals surface area contributed by atoms with E-state index in [9.17, 15) is 0 Å². The monoisotopic (exact) mass is 510 g/mol. The summed E-state index contributed by atoms with van der Waals surface area (Å²) in [5.41, 5.74) is 4.34. The van der Waals surface area contributed by atoms with Crippen molar-refractivity contribution < 1.29 is 9.47 Å². The molecule has 2 saturated heterocycles. The Balaban J connectivity index is 1.33. The van der Waals surface area contributed by atoms with Crippen LogP contribution < -0.4 is 15.0 Å². The van der Waals surface area contributed by atoms with Gasteiger partial charge in [-0.05, 0) is 92.6 Å². The predicted molar refractivity (Wildman–Crippen MR) is 149 cm³/mol. The topological polar surface area (TPSA) is 51.5 Å². The molecule has 2 aliphatic heterocycles. The van der Waals surface area contributed by atoms with Crippen LogP contribution >= 0.6 is 12.2 Å². The Kier molecular flexibility index (Phi) is 6.64. The molecule has 3 unspecified atom stereocenters. The van der Waals surface area contributed by atoms with E-state index in [1.807, 2.05) is 54.7 Å². The zero-order chi connectivity index (χ0) is 25.2. The Labute approximate surface area is 222 Å². The maximum absolute atomic E-state index is 6.07. The average Bonchev–Trinajstić information content (AvgIpc) is 3.67. The highest BCUT2D eigenvalue weighted by Crippen LogP contribution is 2.42. The van der Waals surface area contributed by atoms with Gasteiger partial charge in [0.05, 0.1) is 17.8 Å². The minimum absolute atomic E-state index is 0.0670. The summed E-state index contributed by atoms with van der Waals surface area (Å²) < 4.78 is 14.3. The zero-order valence-electron chi connectivity index (χ0n) is 20.8. The third kappa shape index (κ3) is 4.97. The van der Waals surface area contributed by atoms with E-state index in [2.05, 4.69) is 63.2 Å². The molecular formula is C30H30N4O2S. The zero-order valence-corrected chi connectivity index (χ0v) is 21.6. The van der Waals surface area contributed by atoms with E-state index in [1.165, 1.54) is 11.3 Å². The van der Waals surface area contributed by atoms with E-state index in [0.717, 1.165) is 48.9 Å². The lowest BCUT2D eigenvalue weighted by Gasteiger charge is -2.29. The second kappa shape index (κ2) is 10.4. The minimum Gasteiger partial charge on any atom is -0.457 e. The number of nitrogens with zero attached hydrogens (tertiary/aromatic N) is 3. The maximum Gasteiger partial charge on any atom is 0.174 e. The molecule has 4 heterocycles. The Morgan fingerprint density at radius 3 is 2.49 bits per heavy atom. The van der Waals surface area contributed by atoms with E-state index in [-0.39, 0.29) is 18.2 Å². The average molecular weight is 511 g/mol. The van der Waals surface area contributed by atoms with Crippen LogP contribution in [0.15, 0.2) is 91.3 Å². The molecule has 7 heteroatoms. The number of ether oxygens (including phenoxy) is 2. The third-order valence-corrected chi connectivity index (χ3v) is 7.38. The van der Waals surface area contributed by atoms with E-state index >= 15 is 0 Å². The summed E-state index contributed by atoms with van der Waals surface area (Å²) in [6.07, 6.45) is 6.44. The van der Waals surface area contributed by atoms with E-state index in [1.54, 1.807) is 0 Å². The van der Waals surface area contributed by atoms with Gasteiger partial charge in [0.15, 0.2) is 5.11 Å². The van der Waals surface area contributed by atoms with Gasteiger partial charge in [0, 0.05) is 36.9 Å². The van der Waals surface area contributed by atoms with Crippen LogP contribution in [-0.2, 0) is 11.3 Å². The highest BCUT2D eigenvalue weighted by molar-refractivity contribution is 7.80. The number of hydrogen-bond donors (Lipinski definition) is 1. The number of aromatic nitrogens is 2. The molecule has 0 bridgehead atoms. The van der Waals surface area contributed by atoms with Crippen LogP contribution in [0.3, 0.4) is 0 Å². The highest BCUT2D eigenvalue weighted by Gasteiger charge is 2.42. The molecule has 2 aromatic heterocycles. The third-order valence-electron chi connectivity index (χ3n) is 7.06. The van der Waals surface area contributed by atoms with Gasteiger partial charge in [-0.1, -0.05) is 23.8 Å². The fourth-order valence-corrected chi connectivity index (χ4v) is 5.57. The molecule has 37 heavy (non-hydrogen) atoms. The van der Waals surface area contributed by atoms with E-state index in [0.29, 0.717) is 5.11 Å². The van der Waals surface area contributed by atoms with Crippen molar-refractivity contribution in [2.75, 3.05) is 11.5 Å². The maximum atomic E-state index is 6.07. The molecule has 2 aliphatic rings. The summed E-state index contributed by atoms with van der Waals surface area (Å²) in [4.78, 5) is 6.88. The van der Waals surface area contributed by atoms with Crippen molar-refractivity contribution in [3.63, 3.8) is 0 Å². The Morgan fingerprint density at radius 1 is 1.00 bits per heavy atom. The van der Waals surface area contributed by atoms with E-state index < -0.39 is 0 Å². The van der Waals surface area contributed by atoms with Gasteiger partial charge >= 0.3 is 0 Å². The van der Waals surface area contributed by atoms with Crippen LogP contribution in [0.5, 0.6) is 11.5 Å². The van der Waals surface area contributed by atoms with Crippen molar-refractivity contribution in [3.8, 4) is 11.5 Å². The molecule has 188 valence electrons. The summed E-state index contributed by atoms with van der Waals surface area (Å²) in [5, 5.41) is 4.24. The Hall–Kier alpha value is -3.68. The van der Waals surface area contributed by atoms with Crippen molar-refractivity contribution >= 4 is 23.0 Å². The first-order chi connectivity index (χ1) is 18.2. The van der Waals surface area contributed by atoms with Crippen molar-refractivity contribution in [2.24, 2.45) is 0 Å². The summed E-state index contributed by atoms with van der Waals surface area (Å²) >= 11 is 5.91. The molecule has 1 N–H and O–H groups in total. The van der Waals surface area contributed by atoms with Crippen LogP contribution in [0.4, 0.5) is 5.69 Å². The first-order valence-corrected chi connectivity index (χ1v) is 13.2. The van der Waals surface area contributed by atoms with Crippen LogP contribution in [0.25, 0.3) is 0 Å². The molecule has 6 rings (SSSR count). The number of rotatable bonds is 7. The second-order valence-corrected chi connectivity index (χ2v) is 10.0. The summed E-state index contributed by atoms with van der Waals surface area (Å²) in [7, 11) is 0. The molecule has 6 nitrogen and oxygen atoms in total. The van der Waals surface area contributed by atoms with Gasteiger partial charge in [-0.2, -0.15) is 0 Å².